The maximum Gasteiger partial charge on any atom is 0.225 e. The van der Waals surface area contributed by atoms with Crippen molar-refractivity contribution in [2.24, 2.45) is 22.1 Å². The number of aryl methyl sites for hydroxylation is 1. The molecule has 3 aromatic heterocycles. The highest BCUT2D eigenvalue weighted by molar-refractivity contribution is 7.21. The van der Waals surface area contributed by atoms with Gasteiger partial charge in [0.1, 0.15) is 39.2 Å². The molecule has 0 aliphatic heterocycles. The maximum atomic E-state index is 5.13. The maximum absolute atomic E-state index is 5.13. The molecule has 0 saturated heterocycles. The third-order valence-corrected chi connectivity index (χ3v) is 9.49. The minimum absolute atomic E-state index is 0.244. The Morgan fingerprint density at radius 2 is 1.92 bits per heavy atom. The van der Waals surface area contributed by atoms with Gasteiger partial charge >= 0.3 is 0 Å². The highest BCUT2D eigenvalue weighted by Crippen LogP contribution is 2.45. The first-order valence-corrected chi connectivity index (χ1v) is 14.8. The van der Waals surface area contributed by atoms with E-state index in [4.69, 9.17) is 15.0 Å². The van der Waals surface area contributed by atoms with E-state index in [1.807, 2.05) is 6.20 Å². The summed E-state index contributed by atoms with van der Waals surface area (Å²) in [5, 5.41) is 16.7. The Hall–Kier alpha value is -2.97. The molecule has 6 rings (SSSR count). The number of rotatable bonds is 9. The summed E-state index contributed by atoms with van der Waals surface area (Å²) in [5.41, 5.74) is 3.89. The highest BCUT2D eigenvalue weighted by atomic mass is 32.1. The first-order chi connectivity index (χ1) is 18.3. The molecule has 10 heteroatoms. The summed E-state index contributed by atoms with van der Waals surface area (Å²) in [6.07, 6.45) is 10.1. The van der Waals surface area contributed by atoms with E-state index in [9.17, 15) is 0 Å². The number of nitrogens with zero attached hydrogens (tertiary/aromatic N) is 7. The van der Waals surface area contributed by atoms with Crippen molar-refractivity contribution < 1.29 is 0 Å². The van der Waals surface area contributed by atoms with Crippen LogP contribution in [-0.4, -0.2) is 44.6 Å². The van der Waals surface area contributed by atoms with Crippen LogP contribution in [0.3, 0.4) is 0 Å². The molecule has 3 atom stereocenters. The molecule has 3 saturated carbocycles. The molecule has 3 fully saturated rings. The summed E-state index contributed by atoms with van der Waals surface area (Å²) in [4.78, 5) is 23.8. The smallest absolute Gasteiger partial charge is 0.225 e. The van der Waals surface area contributed by atoms with Crippen LogP contribution in [0.1, 0.15) is 83.0 Å². The van der Waals surface area contributed by atoms with Crippen LogP contribution < -0.4 is 15.5 Å². The van der Waals surface area contributed by atoms with Crippen molar-refractivity contribution in [3.05, 3.63) is 23.7 Å². The number of fused-ring (bicyclic) bond motifs is 1. The van der Waals surface area contributed by atoms with Gasteiger partial charge in [0.25, 0.3) is 0 Å². The van der Waals surface area contributed by atoms with Crippen LogP contribution in [0.25, 0.3) is 20.8 Å². The van der Waals surface area contributed by atoms with Crippen LogP contribution >= 0.6 is 11.3 Å². The topological polar surface area (TPSA) is 114 Å². The Morgan fingerprint density at radius 3 is 2.66 bits per heavy atom. The van der Waals surface area contributed by atoms with Crippen molar-refractivity contribution in [1.82, 2.24) is 24.8 Å². The quantitative estimate of drug-likeness (QED) is 0.240. The van der Waals surface area contributed by atoms with Crippen LogP contribution in [-0.2, 0) is 0 Å². The fourth-order valence-corrected chi connectivity index (χ4v) is 6.81. The Balaban J connectivity index is 1.34. The van der Waals surface area contributed by atoms with E-state index in [-0.39, 0.29) is 5.54 Å². The number of pyridine rings is 1. The minimum atomic E-state index is -0.244. The summed E-state index contributed by atoms with van der Waals surface area (Å²) < 4.78 is 1.18. The van der Waals surface area contributed by atoms with E-state index in [0.717, 1.165) is 58.5 Å². The standard InChI is InChI=1S/C28H38N9S/c1-15(17-6-7-17)31-27-32-16(2)22(26-34-24-21(38-26)12-13-30-23(24)18-8-9-18)25(35-27)33-20-11-10-19(14-20)28(3,4)36-37-29-5/h12-13,15,17-20H,6-11,14H2,1-5H3,(H2,31,32,33,35)/q+1. The zero-order valence-corrected chi connectivity index (χ0v) is 23.8. The van der Waals surface area contributed by atoms with Gasteiger partial charge in [-0.15, -0.1) is 11.3 Å². The van der Waals surface area contributed by atoms with E-state index in [1.165, 1.54) is 30.4 Å². The lowest BCUT2D eigenvalue weighted by atomic mass is 9.87. The van der Waals surface area contributed by atoms with Gasteiger partial charge in [0.05, 0.1) is 21.7 Å². The number of nitrogens with one attached hydrogen (secondary N) is 2. The van der Waals surface area contributed by atoms with Crippen molar-refractivity contribution in [2.45, 2.75) is 96.2 Å². The van der Waals surface area contributed by atoms with Crippen LogP contribution in [0.5, 0.6) is 0 Å². The van der Waals surface area contributed by atoms with Gasteiger partial charge in [-0.1, -0.05) is 0 Å². The van der Waals surface area contributed by atoms with Crippen LogP contribution in [0, 0.1) is 18.8 Å². The van der Waals surface area contributed by atoms with Gasteiger partial charge in [-0.3, -0.25) is 4.98 Å². The van der Waals surface area contributed by atoms with Crippen molar-refractivity contribution in [3.63, 3.8) is 0 Å². The molecule has 0 radical (unpaired) electrons. The predicted octanol–water partition coefficient (Wildman–Crippen LogP) is 6.51. The average molecular weight is 533 g/mol. The fourth-order valence-electron chi connectivity index (χ4n) is 5.74. The normalized spacial score (nSPS) is 22.2. The molecule has 3 heterocycles. The van der Waals surface area contributed by atoms with Crippen molar-refractivity contribution in [2.75, 3.05) is 17.7 Å². The second-order valence-electron chi connectivity index (χ2n) is 11.9. The van der Waals surface area contributed by atoms with Crippen LogP contribution in [0.15, 0.2) is 22.5 Å². The zero-order valence-electron chi connectivity index (χ0n) is 23.0. The first kappa shape index (κ1) is 25.3. The van der Waals surface area contributed by atoms with E-state index in [2.05, 4.69) is 64.5 Å². The van der Waals surface area contributed by atoms with Gasteiger partial charge in [0.2, 0.25) is 10.9 Å². The average Bonchev–Trinajstić information content (AvgIpc) is 3.81. The predicted molar refractivity (Wildman–Crippen MR) is 153 cm³/mol. The molecule has 0 spiro atoms. The van der Waals surface area contributed by atoms with Gasteiger partial charge in [-0.25, -0.2) is 9.97 Å². The molecule has 200 valence electrons. The Morgan fingerprint density at radius 1 is 1.11 bits per heavy atom. The lowest BCUT2D eigenvalue weighted by Crippen LogP contribution is -2.29. The summed E-state index contributed by atoms with van der Waals surface area (Å²) in [6, 6.07) is 2.75. The van der Waals surface area contributed by atoms with Gasteiger partial charge < -0.3 is 10.6 Å². The zero-order chi connectivity index (χ0) is 26.4. The molecule has 3 aliphatic carbocycles. The molecule has 38 heavy (non-hydrogen) atoms. The number of anilines is 2. The monoisotopic (exact) mass is 532 g/mol. The first-order valence-electron chi connectivity index (χ1n) is 14.0. The van der Waals surface area contributed by atoms with E-state index >= 15 is 0 Å². The molecule has 9 nitrogen and oxygen atoms in total. The number of hydrogen-bond acceptors (Lipinski definition) is 9. The van der Waals surface area contributed by atoms with E-state index < -0.39 is 0 Å². The van der Waals surface area contributed by atoms with Gasteiger partial charge in [-0.05, 0) is 90.5 Å². The number of hydrogen-bond donors (Lipinski definition) is 2. The lowest BCUT2D eigenvalue weighted by Gasteiger charge is -2.22. The minimum Gasteiger partial charge on any atom is -0.367 e. The molecule has 0 amide bonds. The van der Waals surface area contributed by atoms with Gasteiger partial charge in [-0.2, -0.15) is 4.98 Å². The van der Waals surface area contributed by atoms with Gasteiger partial charge in [0.15, 0.2) is 0 Å². The number of aromatic nitrogens is 4. The third kappa shape index (κ3) is 5.16. The second kappa shape index (κ2) is 9.97. The molecule has 3 aromatic rings. The third-order valence-electron chi connectivity index (χ3n) is 8.45. The van der Waals surface area contributed by atoms with Crippen molar-refractivity contribution in [3.8, 4) is 10.6 Å². The Kier molecular flexibility index (Phi) is 6.64. The highest BCUT2D eigenvalue weighted by Gasteiger charge is 2.40. The van der Waals surface area contributed by atoms with Crippen molar-refractivity contribution in [1.29, 1.82) is 0 Å². The molecule has 3 unspecified atom stereocenters. The Bertz CT molecular complexity index is 1400. The molecule has 2 N–H and O–H groups in total. The molecule has 3 aliphatic rings. The summed E-state index contributed by atoms with van der Waals surface area (Å²) in [5.74, 6) is 3.27. The molecular formula is C28H38N9S+. The van der Waals surface area contributed by atoms with Crippen LogP contribution in [0.2, 0.25) is 0 Å². The lowest BCUT2D eigenvalue weighted by molar-refractivity contribution is 0.312. The Labute approximate surface area is 228 Å². The van der Waals surface area contributed by atoms with E-state index in [0.29, 0.717) is 29.9 Å². The number of thiazole rings is 1. The largest absolute Gasteiger partial charge is 0.367 e. The molecule has 0 bridgehead atoms. The van der Waals surface area contributed by atoms with Gasteiger partial charge in [0, 0.05) is 24.2 Å². The van der Waals surface area contributed by atoms with Crippen LogP contribution in [0.4, 0.5) is 11.8 Å². The fraction of sp³-hybridized carbons (Fsp3) is 0.643. The summed E-state index contributed by atoms with van der Waals surface area (Å²) in [7, 11) is 1.67. The molecule has 0 aromatic carbocycles. The van der Waals surface area contributed by atoms with Crippen molar-refractivity contribution >= 4 is 33.3 Å². The second-order valence-corrected chi connectivity index (χ2v) is 12.9. The van der Waals surface area contributed by atoms with E-state index in [1.54, 1.807) is 18.4 Å². The SMILES string of the molecule is CN=[N+]=NC(C)(C)C1CCC(Nc2nc(NC(C)C3CC3)nc(C)c2-c2nc3c(C4CC4)nccc3s2)C1. The summed E-state index contributed by atoms with van der Waals surface area (Å²) >= 11 is 1.72. The summed E-state index contributed by atoms with van der Waals surface area (Å²) in [6.45, 7) is 8.63. The molecular weight excluding hydrogens is 494 g/mol.